The van der Waals surface area contributed by atoms with E-state index in [0.29, 0.717) is 16.9 Å². The summed E-state index contributed by atoms with van der Waals surface area (Å²) in [5.41, 5.74) is 0.872. The maximum absolute atomic E-state index is 12.1. The minimum absolute atomic E-state index is 0.112. The molecule has 2 rings (SSSR count). The zero-order chi connectivity index (χ0) is 15.1. The fraction of sp³-hybridized carbons (Fsp3) is 0.143. The lowest BCUT2D eigenvalue weighted by Gasteiger charge is -2.06. The van der Waals surface area contributed by atoms with Crippen LogP contribution in [0.1, 0.15) is 15.9 Å². The van der Waals surface area contributed by atoms with Crippen LogP contribution in [0.15, 0.2) is 30.6 Å². The van der Waals surface area contributed by atoms with Gasteiger partial charge in [0.25, 0.3) is 5.91 Å². The lowest BCUT2D eigenvalue weighted by Crippen LogP contribution is -2.14. The lowest BCUT2D eigenvalue weighted by atomic mass is 10.1. The maximum Gasteiger partial charge on any atom is 0.258 e. The summed E-state index contributed by atoms with van der Waals surface area (Å²) in [5, 5.41) is 18.6. The maximum atomic E-state index is 12.1. The van der Waals surface area contributed by atoms with Gasteiger partial charge >= 0.3 is 0 Å². The SMILES string of the molecule is COc1ccc(C(=O)Nc2nccnn2)cc1C#CCO. The van der Waals surface area contributed by atoms with Gasteiger partial charge in [0, 0.05) is 5.56 Å². The van der Waals surface area contributed by atoms with Gasteiger partial charge in [0.15, 0.2) is 0 Å². The van der Waals surface area contributed by atoms with E-state index in [4.69, 9.17) is 9.84 Å². The summed E-state index contributed by atoms with van der Waals surface area (Å²) in [5.74, 6) is 5.48. The predicted molar refractivity (Wildman–Crippen MR) is 74.7 cm³/mol. The van der Waals surface area contributed by atoms with E-state index in [1.807, 2.05) is 0 Å². The molecule has 2 aromatic rings. The van der Waals surface area contributed by atoms with Crippen LogP contribution in [0, 0.1) is 11.8 Å². The molecule has 0 aliphatic carbocycles. The Labute approximate surface area is 121 Å². The van der Waals surface area contributed by atoms with Crippen molar-refractivity contribution in [3.8, 4) is 17.6 Å². The highest BCUT2D eigenvalue weighted by atomic mass is 16.5. The molecule has 7 heteroatoms. The number of hydrogen-bond donors (Lipinski definition) is 2. The second-order valence-electron chi connectivity index (χ2n) is 3.80. The molecule has 0 aliphatic rings. The van der Waals surface area contributed by atoms with Crippen LogP contribution >= 0.6 is 0 Å². The van der Waals surface area contributed by atoms with Crippen LogP contribution in [0.25, 0.3) is 0 Å². The highest BCUT2D eigenvalue weighted by molar-refractivity contribution is 6.03. The smallest absolute Gasteiger partial charge is 0.258 e. The number of ether oxygens (including phenoxy) is 1. The zero-order valence-electron chi connectivity index (χ0n) is 11.2. The average Bonchev–Trinajstić information content (AvgIpc) is 2.53. The van der Waals surface area contributed by atoms with E-state index in [0.717, 1.165) is 0 Å². The van der Waals surface area contributed by atoms with E-state index in [9.17, 15) is 4.79 Å². The molecule has 1 amide bonds. The van der Waals surface area contributed by atoms with E-state index in [2.05, 4.69) is 32.3 Å². The number of hydrogen-bond acceptors (Lipinski definition) is 6. The summed E-state index contributed by atoms with van der Waals surface area (Å²) in [6.45, 7) is -0.275. The Kier molecular flexibility index (Phi) is 4.79. The number of methoxy groups -OCH3 is 1. The number of aromatic nitrogens is 3. The number of benzene rings is 1. The number of rotatable bonds is 3. The summed E-state index contributed by atoms with van der Waals surface area (Å²) >= 11 is 0. The molecule has 2 N–H and O–H groups in total. The average molecular weight is 284 g/mol. The fourth-order valence-electron chi connectivity index (χ4n) is 1.56. The van der Waals surface area contributed by atoms with Crippen LogP contribution in [0.3, 0.4) is 0 Å². The standard InChI is InChI=1S/C14H12N4O3/c1-21-12-5-4-11(9-10(12)3-2-8-19)13(20)17-14-15-6-7-16-18-14/h4-7,9,19H,8H2,1H3,(H,15,17,18,20). The number of amides is 1. The van der Waals surface area contributed by atoms with Crippen LogP contribution in [-0.4, -0.2) is 39.9 Å². The minimum Gasteiger partial charge on any atom is -0.495 e. The number of aliphatic hydroxyl groups is 1. The first kappa shape index (κ1) is 14.4. The quantitative estimate of drug-likeness (QED) is 0.795. The Morgan fingerprint density at radius 3 is 2.95 bits per heavy atom. The Balaban J connectivity index is 2.25. The number of nitrogens with one attached hydrogen (secondary N) is 1. The molecule has 0 atom stereocenters. The third kappa shape index (κ3) is 3.75. The van der Waals surface area contributed by atoms with Crippen molar-refractivity contribution in [3.05, 3.63) is 41.7 Å². The summed E-state index contributed by atoms with van der Waals surface area (Å²) < 4.78 is 5.14. The Morgan fingerprint density at radius 1 is 1.43 bits per heavy atom. The van der Waals surface area contributed by atoms with Crippen LogP contribution in [0.5, 0.6) is 5.75 Å². The van der Waals surface area contributed by atoms with Gasteiger partial charge in [0.2, 0.25) is 5.95 Å². The normalized spacial score (nSPS) is 9.43. The summed E-state index contributed by atoms with van der Waals surface area (Å²) in [4.78, 5) is 15.9. The number of anilines is 1. The molecule has 0 bridgehead atoms. The molecule has 7 nitrogen and oxygen atoms in total. The van der Waals surface area contributed by atoms with Crippen molar-refractivity contribution in [2.24, 2.45) is 0 Å². The molecule has 0 radical (unpaired) electrons. The Bertz CT molecular complexity index is 692. The highest BCUT2D eigenvalue weighted by Crippen LogP contribution is 2.19. The molecule has 106 valence electrons. The van der Waals surface area contributed by atoms with Crippen LogP contribution in [-0.2, 0) is 0 Å². The first-order valence-corrected chi connectivity index (χ1v) is 5.97. The molecule has 21 heavy (non-hydrogen) atoms. The Hall–Kier alpha value is -2.98. The highest BCUT2D eigenvalue weighted by Gasteiger charge is 2.10. The van der Waals surface area contributed by atoms with Gasteiger partial charge in [0.05, 0.1) is 25.1 Å². The number of carbonyl (C=O) groups is 1. The van der Waals surface area contributed by atoms with Gasteiger partial charge in [-0.15, -0.1) is 5.10 Å². The molecule has 1 aromatic heterocycles. The van der Waals surface area contributed by atoms with Crippen molar-refractivity contribution < 1.29 is 14.6 Å². The Morgan fingerprint density at radius 2 is 2.29 bits per heavy atom. The van der Waals surface area contributed by atoms with E-state index >= 15 is 0 Å². The molecule has 0 aliphatic heterocycles. The van der Waals surface area contributed by atoms with Crippen LogP contribution in [0.2, 0.25) is 0 Å². The fourth-order valence-corrected chi connectivity index (χ4v) is 1.56. The van der Waals surface area contributed by atoms with Gasteiger partial charge in [-0.1, -0.05) is 11.8 Å². The summed E-state index contributed by atoms with van der Waals surface area (Å²) in [6, 6.07) is 4.78. The van der Waals surface area contributed by atoms with Crippen LogP contribution < -0.4 is 10.1 Å². The van der Waals surface area contributed by atoms with Crippen molar-refractivity contribution >= 4 is 11.9 Å². The summed E-state index contributed by atoms with van der Waals surface area (Å²) in [7, 11) is 1.50. The second-order valence-corrected chi connectivity index (χ2v) is 3.80. The first-order chi connectivity index (χ1) is 10.2. The third-order valence-corrected chi connectivity index (χ3v) is 2.47. The molecule has 1 heterocycles. The molecule has 0 fully saturated rings. The zero-order valence-corrected chi connectivity index (χ0v) is 11.2. The van der Waals surface area contributed by atoms with Crippen molar-refractivity contribution in [2.75, 3.05) is 19.0 Å². The lowest BCUT2D eigenvalue weighted by molar-refractivity contribution is 0.102. The molecular formula is C14H12N4O3. The van der Waals surface area contributed by atoms with Crippen molar-refractivity contribution in [1.82, 2.24) is 15.2 Å². The van der Waals surface area contributed by atoms with Gasteiger partial charge in [-0.25, -0.2) is 4.98 Å². The molecule has 0 spiro atoms. The monoisotopic (exact) mass is 284 g/mol. The third-order valence-electron chi connectivity index (χ3n) is 2.47. The van der Waals surface area contributed by atoms with Crippen molar-refractivity contribution in [2.45, 2.75) is 0 Å². The van der Waals surface area contributed by atoms with Gasteiger partial charge in [-0.3, -0.25) is 10.1 Å². The number of carbonyl (C=O) groups excluding carboxylic acids is 1. The topological polar surface area (TPSA) is 97.2 Å². The minimum atomic E-state index is -0.391. The molecule has 0 unspecified atom stereocenters. The van der Waals surface area contributed by atoms with Gasteiger partial charge in [-0.05, 0) is 18.2 Å². The number of nitrogens with zero attached hydrogens (tertiary/aromatic N) is 3. The number of aliphatic hydroxyl groups excluding tert-OH is 1. The summed E-state index contributed by atoms with van der Waals surface area (Å²) in [6.07, 6.45) is 2.83. The first-order valence-electron chi connectivity index (χ1n) is 5.97. The molecule has 0 saturated heterocycles. The molecule has 1 aromatic carbocycles. The van der Waals surface area contributed by atoms with Gasteiger partial charge < -0.3 is 9.84 Å². The van der Waals surface area contributed by atoms with Crippen molar-refractivity contribution in [3.63, 3.8) is 0 Å². The second kappa shape index (κ2) is 6.98. The molecule has 0 saturated carbocycles. The van der Waals surface area contributed by atoms with Crippen LogP contribution in [0.4, 0.5) is 5.95 Å². The van der Waals surface area contributed by atoms with Gasteiger partial charge in [0.1, 0.15) is 12.4 Å². The molecular weight excluding hydrogens is 272 g/mol. The van der Waals surface area contributed by atoms with Crippen molar-refractivity contribution in [1.29, 1.82) is 0 Å². The predicted octanol–water partition coefficient (Wildman–Crippen LogP) is 0.476. The van der Waals surface area contributed by atoms with E-state index in [-0.39, 0.29) is 12.6 Å². The van der Waals surface area contributed by atoms with E-state index in [1.165, 1.54) is 19.5 Å². The van der Waals surface area contributed by atoms with E-state index < -0.39 is 5.91 Å². The largest absolute Gasteiger partial charge is 0.495 e. The van der Waals surface area contributed by atoms with E-state index in [1.54, 1.807) is 18.2 Å². The van der Waals surface area contributed by atoms with Gasteiger partial charge in [-0.2, -0.15) is 5.10 Å².